The van der Waals surface area contributed by atoms with Crippen LogP contribution in [-0.2, 0) is 11.0 Å². The average Bonchev–Trinajstić information content (AvgIpc) is 2.71. The van der Waals surface area contributed by atoms with Gasteiger partial charge in [0.2, 0.25) is 11.9 Å². The Balaban J connectivity index is 2.00. The van der Waals surface area contributed by atoms with Gasteiger partial charge in [0.1, 0.15) is 17.2 Å². The minimum absolute atomic E-state index is 0.170. The van der Waals surface area contributed by atoms with Gasteiger partial charge in [0.15, 0.2) is 0 Å². The van der Waals surface area contributed by atoms with Crippen molar-refractivity contribution in [1.29, 1.82) is 0 Å². The highest BCUT2D eigenvalue weighted by molar-refractivity contribution is 6.01. The topological polar surface area (TPSA) is 78.9 Å². The highest BCUT2D eigenvalue weighted by atomic mass is 19.4. The molecular weight excluding hydrogens is 414 g/mol. The van der Waals surface area contributed by atoms with Gasteiger partial charge in [0.05, 0.1) is 11.4 Å². The fourth-order valence-corrected chi connectivity index (χ4v) is 2.61. The molecule has 0 saturated heterocycles. The van der Waals surface area contributed by atoms with Crippen LogP contribution in [0.15, 0.2) is 61.3 Å². The van der Waals surface area contributed by atoms with E-state index < -0.39 is 29.3 Å². The number of carbonyl (C=O) groups is 1. The molecule has 0 spiro atoms. The van der Waals surface area contributed by atoms with Crippen molar-refractivity contribution < 1.29 is 22.4 Å². The molecule has 2 aromatic carbocycles. The number of aromatic nitrogens is 2. The summed E-state index contributed by atoms with van der Waals surface area (Å²) in [6, 6.07) is 10.1. The molecule has 3 rings (SSSR count). The van der Waals surface area contributed by atoms with Gasteiger partial charge in [-0.3, -0.25) is 4.79 Å². The number of nitrogens with zero attached hydrogens (tertiary/aromatic N) is 2. The van der Waals surface area contributed by atoms with E-state index in [0.29, 0.717) is 17.4 Å². The lowest BCUT2D eigenvalue weighted by atomic mass is 10.2. The highest BCUT2D eigenvalue weighted by Crippen LogP contribution is 2.36. The zero-order chi connectivity index (χ0) is 22.6. The molecular formula is C21H17F4N5O. The van der Waals surface area contributed by atoms with Crippen molar-refractivity contribution in [2.45, 2.75) is 13.1 Å². The van der Waals surface area contributed by atoms with E-state index in [1.54, 1.807) is 19.1 Å². The van der Waals surface area contributed by atoms with Crippen LogP contribution in [0.1, 0.15) is 11.1 Å². The third-order valence-corrected chi connectivity index (χ3v) is 4.16. The number of nitrogens with one attached hydrogen (secondary N) is 3. The molecule has 160 valence electrons. The van der Waals surface area contributed by atoms with E-state index in [1.807, 2.05) is 0 Å². The van der Waals surface area contributed by atoms with E-state index in [2.05, 4.69) is 32.5 Å². The van der Waals surface area contributed by atoms with Crippen molar-refractivity contribution in [3.63, 3.8) is 0 Å². The zero-order valence-corrected chi connectivity index (χ0v) is 16.2. The second-order valence-electron chi connectivity index (χ2n) is 6.40. The van der Waals surface area contributed by atoms with E-state index in [4.69, 9.17) is 0 Å². The first-order chi connectivity index (χ1) is 14.7. The summed E-state index contributed by atoms with van der Waals surface area (Å²) >= 11 is 0. The quantitative estimate of drug-likeness (QED) is 0.352. The lowest BCUT2D eigenvalue weighted by Crippen LogP contribution is -2.14. The van der Waals surface area contributed by atoms with Crippen LogP contribution in [0.3, 0.4) is 0 Å². The van der Waals surface area contributed by atoms with Crippen molar-refractivity contribution >= 4 is 34.7 Å². The normalized spacial score (nSPS) is 11.0. The third-order valence-electron chi connectivity index (χ3n) is 4.16. The van der Waals surface area contributed by atoms with Crippen molar-refractivity contribution in [1.82, 2.24) is 9.97 Å². The molecule has 0 aliphatic rings. The summed E-state index contributed by atoms with van der Waals surface area (Å²) in [7, 11) is 0. The van der Waals surface area contributed by atoms with Crippen LogP contribution in [0.5, 0.6) is 0 Å². The molecule has 0 unspecified atom stereocenters. The molecule has 0 saturated carbocycles. The van der Waals surface area contributed by atoms with Gasteiger partial charge in [-0.05, 0) is 42.8 Å². The number of carbonyl (C=O) groups excluding carboxylic acids is 1. The van der Waals surface area contributed by atoms with Gasteiger partial charge < -0.3 is 16.0 Å². The molecule has 0 bridgehead atoms. The van der Waals surface area contributed by atoms with Gasteiger partial charge >= 0.3 is 6.18 Å². The molecule has 10 heteroatoms. The van der Waals surface area contributed by atoms with E-state index in [1.165, 1.54) is 30.3 Å². The SMILES string of the molecule is C=CC(=O)Nc1ccccc1Nc1nc(Nc2cc(F)ccc2C)ncc1C(F)(F)F. The molecule has 0 aliphatic heterocycles. The number of anilines is 5. The Kier molecular flexibility index (Phi) is 6.19. The van der Waals surface area contributed by atoms with Crippen LogP contribution in [0.2, 0.25) is 0 Å². The van der Waals surface area contributed by atoms with Crippen LogP contribution in [0.4, 0.5) is 46.4 Å². The molecule has 3 aromatic rings. The van der Waals surface area contributed by atoms with Crippen molar-refractivity contribution in [2.75, 3.05) is 16.0 Å². The van der Waals surface area contributed by atoms with E-state index in [0.717, 1.165) is 6.08 Å². The van der Waals surface area contributed by atoms with Gasteiger partial charge in [-0.2, -0.15) is 18.2 Å². The first-order valence-electron chi connectivity index (χ1n) is 8.94. The number of alkyl halides is 3. The molecule has 0 aliphatic carbocycles. The summed E-state index contributed by atoms with van der Waals surface area (Å²) in [5, 5.41) is 7.82. The fourth-order valence-electron chi connectivity index (χ4n) is 2.61. The van der Waals surface area contributed by atoms with Gasteiger partial charge in [-0.25, -0.2) is 9.37 Å². The Morgan fingerprint density at radius 1 is 1.06 bits per heavy atom. The number of benzene rings is 2. The monoisotopic (exact) mass is 431 g/mol. The first-order valence-corrected chi connectivity index (χ1v) is 8.94. The van der Waals surface area contributed by atoms with Crippen LogP contribution < -0.4 is 16.0 Å². The number of aryl methyl sites for hydroxylation is 1. The minimum atomic E-state index is -4.74. The predicted molar refractivity (Wildman–Crippen MR) is 110 cm³/mol. The number of hydrogen-bond acceptors (Lipinski definition) is 5. The van der Waals surface area contributed by atoms with Crippen molar-refractivity contribution in [2.24, 2.45) is 0 Å². The molecule has 3 N–H and O–H groups in total. The lowest BCUT2D eigenvalue weighted by Gasteiger charge is -2.17. The van der Waals surface area contributed by atoms with Crippen molar-refractivity contribution in [3.8, 4) is 0 Å². The maximum Gasteiger partial charge on any atom is 0.421 e. The molecule has 1 aromatic heterocycles. The lowest BCUT2D eigenvalue weighted by molar-refractivity contribution is -0.137. The summed E-state index contributed by atoms with van der Waals surface area (Å²) in [5.41, 5.74) is 0.254. The Morgan fingerprint density at radius 2 is 1.77 bits per heavy atom. The van der Waals surface area contributed by atoms with Gasteiger partial charge in [0.25, 0.3) is 0 Å². The maximum absolute atomic E-state index is 13.5. The number of halogens is 4. The van der Waals surface area contributed by atoms with Crippen LogP contribution in [0.25, 0.3) is 0 Å². The van der Waals surface area contributed by atoms with Crippen LogP contribution in [-0.4, -0.2) is 15.9 Å². The van der Waals surface area contributed by atoms with Crippen molar-refractivity contribution in [3.05, 3.63) is 78.3 Å². The Bertz CT molecular complexity index is 1130. The molecule has 31 heavy (non-hydrogen) atoms. The summed E-state index contributed by atoms with van der Waals surface area (Å²) in [6.07, 6.45) is -3.09. The third kappa shape index (κ3) is 5.35. The summed E-state index contributed by atoms with van der Waals surface area (Å²) in [6.45, 7) is 5.04. The second kappa shape index (κ2) is 8.82. The van der Waals surface area contributed by atoms with Gasteiger partial charge in [0, 0.05) is 11.9 Å². The summed E-state index contributed by atoms with van der Waals surface area (Å²) in [5.74, 6) is -1.77. The molecule has 0 fully saturated rings. The van der Waals surface area contributed by atoms with E-state index in [9.17, 15) is 22.4 Å². The Morgan fingerprint density at radius 3 is 2.45 bits per heavy atom. The molecule has 0 atom stereocenters. The second-order valence-corrected chi connectivity index (χ2v) is 6.40. The highest BCUT2D eigenvalue weighted by Gasteiger charge is 2.35. The van der Waals surface area contributed by atoms with E-state index >= 15 is 0 Å². The zero-order valence-electron chi connectivity index (χ0n) is 16.2. The smallest absolute Gasteiger partial charge is 0.338 e. The Hall–Kier alpha value is -3.95. The van der Waals surface area contributed by atoms with Crippen LogP contribution >= 0.6 is 0 Å². The maximum atomic E-state index is 13.5. The average molecular weight is 431 g/mol. The fraction of sp³-hybridized carbons (Fsp3) is 0.0952. The minimum Gasteiger partial charge on any atom is -0.338 e. The largest absolute Gasteiger partial charge is 0.421 e. The number of amides is 1. The van der Waals surface area contributed by atoms with Gasteiger partial charge in [-0.15, -0.1) is 0 Å². The number of hydrogen-bond donors (Lipinski definition) is 3. The number of rotatable bonds is 6. The molecule has 1 heterocycles. The van der Waals surface area contributed by atoms with Gasteiger partial charge in [-0.1, -0.05) is 24.8 Å². The molecule has 1 amide bonds. The summed E-state index contributed by atoms with van der Waals surface area (Å²) < 4.78 is 54.1. The van der Waals surface area contributed by atoms with Crippen LogP contribution in [0, 0.1) is 12.7 Å². The number of para-hydroxylation sites is 2. The van der Waals surface area contributed by atoms with E-state index in [-0.39, 0.29) is 17.3 Å². The molecule has 6 nitrogen and oxygen atoms in total. The summed E-state index contributed by atoms with van der Waals surface area (Å²) in [4.78, 5) is 19.3. The Labute approximate surface area is 175 Å². The first kappa shape index (κ1) is 21.8. The standard InChI is InChI=1S/C21H17F4N5O/c1-3-18(31)27-15-6-4-5-7-16(15)28-19-14(21(23,24)25)11-26-20(30-19)29-17-10-13(22)9-8-12(17)2/h3-11H,1H2,2H3,(H,27,31)(H2,26,28,29,30). The molecule has 0 radical (unpaired) electrons. The predicted octanol–water partition coefficient (Wildman–Crippen LogP) is 5.55.